The van der Waals surface area contributed by atoms with E-state index in [1.807, 2.05) is 17.5 Å². The van der Waals surface area contributed by atoms with E-state index in [4.69, 9.17) is 11.0 Å². The second-order valence-electron chi connectivity index (χ2n) is 2.75. The molecule has 14 heavy (non-hydrogen) atoms. The Balaban J connectivity index is 2.53. The molecule has 0 aliphatic carbocycles. The van der Waals surface area contributed by atoms with Crippen LogP contribution >= 0.6 is 11.3 Å². The van der Waals surface area contributed by atoms with E-state index in [1.54, 1.807) is 18.3 Å². The van der Waals surface area contributed by atoms with Crippen molar-refractivity contribution in [2.45, 2.75) is 0 Å². The quantitative estimate of drug-likeness (QED) is 0.720. The summed E-state index contributed by atoms with van der Waals surface area (Å²) in [5, 5.41) is 11.6. The summed E-state index contributed by atoms with van der Waals surface area (Å²) in [4.78, 5) is 4.16. The lowest BCUT2D eigenvalue weighted by Crippen LogP contribution is -1.90. The molecule has 1 aromatic carbocycles. The van der Waals surface area contributed by atoms with Crippen LogP contribution in [0.15, 0.2) is 29.8 Å². The van der Waals surface area contributed by atoms with Gasteiger partial charge in [-0.15, -0.1) is 11.3 Å². The number of nitrogens with zero attached hydrogens (tertiary/aromatic N) is 2. The maximum absolute atomic E-state index is 8.79. The second-order valence-corrected chi connectivity index (χ2v) is 3.65. The van der Waals surface area contributed by atoms with Crippen LogP contribution in [0.5, 0.6) is 0 Å². The van der Waals surface area contributed by atoms with Gasteiger partial charge in [-0.3, -0.25) is 0 Å². The van der Waals surface area contributed by atoms with E-state index in [0.29, 0.717) is 11.3 Å². The van der Waals surface area contributed by atoms with Crippen LogP contribution in [0.25, 0.3) is 10.6 Å². The first-order valence-electron chi connectivity index (χ1n) is 4.01. The summed E-state index contributed by atoms with van der Waals surface area (Å²) >= 11 is 1.54. The number of anilines is 1. The Bertz CT molecular complexity index is 483. The van der Waals surface area contributed by atoms with Crippen molar-refractivity contribution in [1.29, 1.82) is 5.26 Å². The number of thiazole rings is 1. The molecule has 0 unspecified atom stereocenters. The van der Waals surface area contributed by atoms with Crippen molar-refractivity contribution in [2.75, 3.05) is 5.73 Å². The molecule has 2 N–H and O–H groups in total. The molecule has 0 aliphatic heterocycles. The highest BCUT2D eigenvalue weighted by Crippen LogP contribution is 2.24. The number of nitriles is 1. The molecule has 0 saturated carbocycles. The zero-order valence-corrected chi connectivity index (χ0v) is 8.08. The van der Waals surface area contributed by atoms with Gasteiger partial charge in [0, 0.05) is 22.8 Å². The number of benzene rings is 1. The molecule has 2 aromatic rings. The zero-order chi connectivity index (χ0) is 9.97. The predicted octanol–water partition coefficient (Wildman–Crippen LogP) is 2.26. The van der Waals surface area contributed by atoms with Crippen LogP contribution in [0, 0.1) is 11.3 Å². The van der Waals surface area contributed by atoms with Gasteiger partial charge in [-0.2, -0.15) is 5.26 Å². The van der Waals surface area contributed by atoms with E-state index in [1.165, 1.54) is 11.3 Å². The number of rotatable bonds is 1. The minimum Gasteiger partial charge on any atom is -0.398 e. The topological polar surface area (TPSA) is 62.7 Å². The molecule has 0 radical (unpaired) electrons. The first kappa shape index (κ1) is 8.73. The van der Waals surface area contributed by atoms with E-state index >= 15 is 0 Å². The second kappa shape index (κ2) is 3.48. The fourth-order valence-electron chi connectivity index (χ4n) is 1.15. The van der Waals surface area contributed by atoms with Crippen LogP contribution in [0.1, 0.15) is 5.56 Å². The highest BCUT2D eigenvalue weighted by atomic mass is 32.1. The van der Waals surface area contributed by atoms with Gasteiger partial charge >= 0.3 is 0 Å². The number of aromatic nitrogens is 1. The Hall–Kier alpha value is -1.86. The van der Waals surface area contributed by atoms with Gasteiger partial charge < -0.3 is 5.73 Å². The fraction of sp³-hybridized carbons (Fsp3) is 0. The van der Waals surface area contributed by atoms with Crippen molar-refractivity contribution in [3.63, 3.8) is 0 Å². The standard InChI is InChI=1S/C10H7N3S/c11-6-8-5-7(1-2-9(8)12)10-13-3-4-14-10/h1-5H,12H2. The Morgan fingerprint density at radius 2 is 2.29 bits per heavy atom. The lowest BCUT2D eigenvalue weighted by Gasteiger charge is -1.99. The number of hydrogen-bond acceptors (Lipinski definition) is 4. The molecule has 2 rings (SSSR count). The summed E-state index contributed by atoms with van der Waals surface area (Å²) in [5.41, 5.74) is 7.55. The zero-order valence-electron chi connectivity index (χ0n) is 7.27. The monoisotopic (exact) mass is 201 g/mol. The molecule has 0 spiro atoms. The van der Waals surface area contributed by atoms with Gasteiger partial charge in [-0.25, -0.2) is 4.98 Å². The van der Waals surface area contributed by atoms with Crippen LogP contribution in [-0.4, -0.2) is 4.98 Å². The average Bonchev–Trinajstić information content (AvgIpc) is 2.71. The van der Waals surface area contributed by atoms with E-state index < -0.39 is 0 Å². The van der Waals surface area contributed by atoms with E-state index in [-0.39, 0.29) is 0 Å². The van der Waals surface area contributed by atoms with E-state index in [9.17, 15) is 0 Å². The molecule has 1 heterocycles. The van der Waals surface area contributed by atoms with E-state index in [0.717, 1.165) is 10.6 Å². The minimum absolute atomic E-state index is 0.498. The lowest BCUT2D eigenvalue weighted by atomic mass is 10.1. The number of nitrogens with two attached hydrogens (primary N) is 1. The third-order valence-corrected chi connectivity index (χ3v) is 2.68. The Morgan fingerprint density at radius 3 is 2.93 bits per heavy atom. The van der Waals surface area contributed by atoms with Gasteiger partial charge in [0.2, 0.25) is 0 Å². The van der Waals surface area contributed by atoms with Gasteiger partial charge in [-0.05, 0) is 18.2 Å². The molecule has 1 aromatic heterocycles. The van der Waals surface area contributed by atoms with Gasteiger partial charge in [0.1, 0.15) is 11.1 Å². The molecule has 3 nitrogen and oxygen atoms in total. The Morgan fingerprint density at radius 1 is 1.43 bits per heavy atom. The molecule has 4 heteroatoms. The summed E-state index contributed by atoms with van der Waals surface area (Å²) < 4.78 is 0. The molecule has 68 valence electrons. The van der Waals surface area contributed by atoms with Crippen molar-refractivity contribution in [3.05, 3.63) is 35.3 Å². The molecule has 0 saturated heterocycles. The van der Waals surface area contributed by atoms with E-state index in [2.05, 4.69) is 4.98 Å². The normalized spacial score (nSPS) is 9.64. The number of nitrogen functional groups attached to an aromatic ring is 1. The fourth-order valence-corrected chi connectivity index (χ4v) is 1.79. The summed E-state index contributed by atoms with van der Waals surface area (Å²) in [6.07, 6.45) is 1.74. The molecule has 0 fully saturated rings. The van der Waals surface area contributed by atoms with Gasteiger partial charge in [0.15, 0.2) is 0 Å². The van der Waals surface area contributed by atoms with Crippen molar-refractivity contribution in [3.8, 4) is 16.6 Å². The Labute approximate surface area is 85.4 Å². The molecule has 0 amide bonds. The summed E-state index contributed by atoms with van der Waals surface area (Å²) in [7, 11) is 0. The summed E-state index contributed by atoms with van der Waals surface area (Å²) in [6.45, 7) is 0. The van der Waals surface area contributed by atoms with Gasteiger partial charge in [0.05, 0.1) is 5.56 Å². The molecule has 0 bridgehead atoms. The third kappa shape index (κ3) is 1.45. The molecular weight excluding hydrogens is 194 g/mol. The van der Waals surface area contributed by atoms with Gasteiger partial charge in [-0.1, -0.05) is 0 Å². The molecule has 0 atom stereocenters. The maximum atomic E-state index is 8.79. The first-order valence-corrected chi connectivity index (χ1v) is 4.88. The van der Waals surface area contributed by atoms with Crippen molar-refractivity contribution >= 4 is 17.0 Å². The third-order valence-electron chi connectivity index (χ3n) is 1.85. The van der Waals surface area contributed by atoms with Crippen LogP contribution in [-0.2, 0) is 0 Å². The highest BCUT2D eigenvalue weighted by molar-refractivity contribution is 7.13. The van der Waals surface area contributed by atoms with Gasteiger partial charge in [0.25, 0.3) is 0 Å². The smallest absolute Gasteiger partial charge is 0.123 e. The highest BCUT2D eigenvalue weighted by Gasteiger charge is 2.03. The largest absolute Gasteiger partial charge is 0.398 e. The summed E-state index contributed by atoms with van der Waals surface area (Å²) in [5.74, 6) is 0. The predicted molar refractivity (Wildman–Crippen MR) is 56.7 cm³/mol. The first-order chi connectivity index (χ1) is 6.81. The maximum Gasteiger partial charge on any atom is 0.123 e. The van der Waals surface area contributed by atoms with Crippen LogP contribution < -0.4 is 5.73 Å². The van der Waals surface area contributed by atoms with Crippen molar-refractivity contribution in [1.82, 2.24) is 4.98 Å². The number of hydrogen-bond donors (Lipinski definition) is 1. The van der Waals surface area contributed by atoms with Crippen molar-refractivity contribution < 1.29 is 0 Å². The average molecular weight is 201 g/mol. The summed E-state index contributed by atoms with van der Waals surface area (Å²) in [6, 6.07) is 7.41. The lowest BCUT2D eigenvalue weighted by molar-refractivity contribution is 1.41. The Kier molecular flexibility index (Phi) is 2.17. The minimum atomic E-state index is 0.498. The SMILES string of the molecule is N#Cc1cc(-c2nccs2)ccc1N. The van der Waals surface area contributed by atoms with Crippen LogP contribution in [0.3, 0.4) is 0 Å². The van der Waals surface area contributed by atoms with Crippen LogP contribution in [0.2, 0.25) is 0 Å². The molecular formula is C10H7N3S. The van der Waals surface area contributed by atoms with Crippen LogP contribution in [0.4, 0.5) is 5.69 Å². The molecule has 0 aliphatic rings. The van der Waals surface area contributed by atoms with Crippen molar-refractivity contribution in [2.24, 2.45) is 0 Å².